The number of rotatable bonds is 16. The molecule has 0 radical (unpaired) electrons. The second-order valence-electron chi connectivity index (χ2n) is 11.0. The summed E-state index contributed by atoms with van der Waals surface area (Å²) in [6.07, 6.45) is 1.88. The molecule has 31 heavy (non-hydrogen) atoms. The van der Waals surface area contributed by atoms with Crippen LogP contribution < -0.4 is 0 Å². The van der Waals surface area contributed by atoms with E-state index in [2.05, 4.69) is 96.9 Å². The molecule has 0 bridgehead atoms. The van der Waals surface area contributed by atoms with Crippen LogP contribution in [0.1, 0.15) is 110 Å². The van der Waals surface area contributed by atoms with Gasteiger partial charge in [0.2, 0.25) is 0 Å². The van der Waals surface area contributed by atoms with Crippen LogP contribution in [0.25, 0.3) is 0 Å². The Kier molecular flexibility index (Phi) is 14.2. The Labute approximate surface area is 203 Å². The molecule has 0 heterocycles. The van der Waals surface area contributed by atoms with E-state index in [0.29, 0.717) is 46.5 Å². The fourth-order valence-corrected chi connectivity index (χ4v) is 30.4. The minimum absolute atomic E-state index is 0.463. The fourth-order valence-electron chi connectivity index (χ4n) is 5.77. The van der Waals surface area contributed by atoms with Gasteiger partial charge in [0.05, 0.1) is 0 Å². The van der Waals surface area contributed by atoms with Gasteiger partial charge in [0.15, 0.2) is 0 Å². The average molecular weight is 513 g/mol. The van der Waals surface area contributed by atoms with Crippen LogP contribution >= 0.6 is 0 Å². The summed E-state index contributed by atoms with van der Waals surface area (Å²) < 4.78 is 28.2. The van der Waals surface area contributed by atoms with Crippen molar-refractivity contribution in [2.24, 2.45) is 0 Å². The Balaban J connectivity index is 6.81. The predicted molar refractivity (Wildman–Crippen MR) is 137 cm³/mol. The van der Waals surface area contributed by atoms with Crippen LogP contribution in [-0.4, -0.2) is 29.8 Å². The summed E-state index contributed by atoms with van der Waals surface area (Å²) in [5.41, 5.74) is 2.78. The molecule has 7 heteroatoms. The summed E-state index contributed by atoms with van der Waals surface area (Å²) in [4.78, 5) is 0. The molecule has 0 aromatic rings. The summed E-state index contributed by atoms with van der Waals surface area (Å²) >= 11 is -4.04. The molecule has 0 spiro atoms. The molecule has 0 N–H and O–H groups in total. The van der Waals surface area contributed by atoms with Crippen molar-refractivity contribution in [2.75, 3.05) is 13.2 Å². The summed E-state index contributed by atoms with van der Waals surface area (Å²) in [5.74, 6) is 0. The third kappa shape index (κ3) is 7.48. The molecular weight excluding hydrogens is 456 g/mol. The van der Waals surface area contributed by atoms with Crippen LogP contribution in [0.2, 0.25) is 33.2 Å². The zero-order chi connectivity index (χ0) is 24.6. The third-order valence-corrected chi connectivity index (χ3v) is 26.4. The van der Waals surface area contributed by atoms with E-state index in [4.69, 9.17) is 12.7 Å². The van der Waals surface area contributed by atoms with Gasteiger partial charge in [0.25, 0.3) is 0 Å². The van der Waals surface area contributed by atoms with Crippen LogP contribution in [0.5, 0.6) is 0 Å². The molecular formula is C24H56O4Si2Ti. The van der Waals surface area contributed by atoms with E-state index in [1.165, 1.54) is 0 Å². The first-order valence-corrected chi connectivity index (χ1v) is 19.7. The fraction of sp³-hybridized carbons (Fsp3) is 1.00. The molecule has 0 unspecified atom stereocenters. The first-order valence-electron chi connectivity index (χ1n) is 12.9. The molecule has 0 saturated heterocycles. The first kappa shape index (κ1) is 32.0. The SMILES string of the molecule is CCC[O][Ti]([O]CCC)([O][Si](C(C)C)(C(C)C)C(C)C)[O][Si](C(C)C)(C(C)C)C(C)C. The molecule has 0 amide bonds. The van der Waals surface area contributed by atoms with Crippen LogP contribution in [-0.2, 0) is 30.8 Å². The topological polar surface area (TPSA) is 36.9 Å². The van der Waals surface area contributed by atoms with Crippen molar-refractivity contribution in [3.63, 3.8) is 0 Å². The van der Waals surface area contributed by atoms with Crippen LogP contribution in [0.3, 0.4) is 0 Å². The van der Waals surface area contributed by atoms with Gasteiger partial charge >= 0.3 is 204 Å². The minimum atomic E-state index is -4.04. The molecule has 0 saturated carbocycles. The van der Waals surface area contributed by atoms with Crippen LogP contribution in [0, 0.1) is 0 Å². The van der Waals surface area contributed by atoms with E-state index in [1.807, 2.05) is 0 Å². The monoisotopic (exact) mass is 512 g/mol. The van der Waals surface area contributed by atoms with E-state index in [9.17, 15) is 0 Å². The Hall–Kier alpha value is 0.988. The van der Waals surface area contributed by atoms with Crippen molar-refractivity contribution in [1.29, 1.82) is 0 Å². The number of hydrogen-bond acceptors (Lipinski definition) is 4. The van der Waals surface area contributed by atoms with Gasteiger partial charge in [-0.3, -0.25) is 0 Å². The molecule has 0 atom stereocenters. The summed E-state index contributed by atoms with van der Waals surface area (Å²) in [6.45, 7) is 33.6. The van der Waals surface area contributed by atoms with Gasteiger partial charge < -0.3 is 0 Å². The van der Waals surface area contributed by atoms with Crippen molar-refractivity contribution in [1.82, 2.24) is 0 Å². The first-order chi connectivity index (χ1) is 14.2. The van der Waals surface area contributed by atoms with Gasteiger partial charge in [-0.25, -0.2) is 0 Å². The Morgan fingerprint density at radius 3 is 0.871 bits per heavy atom. The Morgan fingerprint density at radius 2 is 0.710 bits per heavy atom. The van der Waals surface area contributed by atoms with Gasteiger partial charge in [-0.05, 0) is 0 Å². The molecule has 0 aromatic heterocycles. The molecule has 4 nitrogen and oxygen atoms in total. The second-order valence-corrected chi connectivity index (χ2v) is 26.2. The normalized spacial score (nSPS) is 14.3. The zero-order valence-electron chi connectivity index (χ0n) is 23.4. The maximum absolute atomic E-state index is 7.41. The quantitative estimate of drug-likeness (QED) is 0.193. The molecule has 0 aliphatic heterocycles. The summed E-state index contributed by atoms with van der Waals surface area (Å²) in [7, 11) is -4.47. The summed E-state index contributed by atoms with van der Waals surface area (Å²) in [5, 5.41) is 0. The van der Waals surface area contributed by atoms with Gasteiger partial charge in [-0.1, -0.05) is 0 Å². The van der Waals surface area contributed by atoms with E-state index < -0.39 is 34.8 Å². The van der Waals surface area contributed by atoms with Gasteiger partial charge in [0, 0.05) is 0 Å². The Morgan fingerprint density at radius 1 is 0.484 bits per heavy atom. The zero-order valence-corrected chi connectivity index (χ0v) is 27.0. The van der Waals surface area contributed by atoms with E-state index in [0.717, 1.165) is 12.8 Å². The summed E-state index contributed by atoms with van der Waals surface area (Å²) in [6, 6.07) is 0. The molecule has 188 valence electrons. The standard InChI is InChI=1S/2C9H21OSi.2C3H7O.Ti/c2*1-7(2)11(10,8(3)4)9(5)6;2*1-2-3-4;/h2*7-9H,1-6H3;2*2-3H2,1H3;/q4*-1;+4. The van der Waals surface area contributed by atoms with Gasteiger partial charge in [-0.2, -0.15) is 0 Å². The molecule has 0 rings (SSSR count). The van der Waals surface area contributed by atoms with Crippen molar-refractivity contribution in [2.45, 2.75) is 143 Å². The van der Waals surface area contributed by atoms with Crippen LogP contribution in [0.4, 0.5) is 0 Å². The molecule has 0 fully saturated rings. The van der Waals surface area contributed by atoms with E-state index in [1.54, 1.807) is 0 Å². The van der Waals surface area contributed by atoms with Gasteiger partial charge in [-0.15, -0.1) is 0 Å². The van der Waals surface area contributed by atoms with Gasteiger partial charge in [0.1, 0.15) is 0 Å². The predicted octanol–water partition coefficient (Wildman–Crippen LogP) is 9.04. The maximum atomic E-state index is 7.41. The Bertz CT molecular complexity index is 408. The van der Waals surface area contributed by atoms with E-state index in [-0.39, 0.29) is 0 Å². The van der Waals surface area contributed by atoms with Crippen molar-refractivity contribution >= 4 is 16.6 Å². The van der Waals surface area contributed by atoms with E-state index >= 15 is 0 Å². The molecule has 0 aromatic carbocycles. The number of hydrogen-bond donors (Lipinski definition) is 0. The average Bonchev–Trinajstić information content (AvgIpc) is 2.65. The van der Waals surface area contributed by atoms with Crippen LogP contribution in [0.15, 0.2) is 0 Å². The van der Waals surface area contributed by atoms with Crippen molar-refractivity contribution < 1.29 is 30.8 Å². The third-order valence-electron chi connectivity index (χ3n) is 6.98. The van der Waals surface area contributed by atoms with Crippen molar-refractivity contribution in [3.8, 4) is 0 Å². The molecule has 0 aliphatic carbocycles. The second kappa shape index (κ2) is 13.8. The molecule has 0 aliphatic rings. The van der Waals surface area contributed by atoms with Crippen molar-refractivity contribution in [3.05, 3.63) is 0 Å².